The molecule has 1 unspecified atom stereocenters. The number of benzene rings is 1. The Bertz CT molecular complexity index is 947. The minimum absolute atomic E-state index is 0.115. The van der Waals surface area contributed by atoms with Crippen LogP contribution < -0.4 is 10.2 Å². The van der Waals surface area contributed by atoms with Crippen molar-refractivity contribution in [3.8, 4) is 0 Å². The lowest BCUT2D eigenvalue weighted by Gasteiger charge is -2.36. The van der Waals surface area contributed by atoms with Crippen molar-refractivity contribution in [2.45, 2.75) is 32.6 Å². The van der Waals surface area contributed by atoms with Crippen LogP contribution in [0.3, 0.4) is 0 Å². The number of pyridine rings is 1. The van der Waals surface area contributed by atoms with E-state index in [1.807, 2.05) is 23.1 Å². The van der Waals surface area contributed by atoms with E-state index in [1.165, 1.54) is 0 Å². The first-order valence-electron chi connectivity index (χ1n) is 11.2. The van der Waals surface area contributed by atoms with Gasteiger partial charge in [-0.1, -0.05) is 19.1 Å². The molecule has 7 nitrogen and oxygen atoms in total. The fourth-order valence-electron chi connectivity index (χ4n) is 4.54. The van der Waals surface area contributed by atoms with Crippen molar-refractivity contribution >= 4 is 29.1 Å². The lowest BCUT2D eigenvalue weighted by Crippen LogP contribution is -2.46. The van der Waals surface area contributed by atoms with E-state index in [4.69, 9.17) is 0 Å². The molecule has 1 fully saturated rings. The number of rotatable bonds is 5. The normalized spacial score (nSPS) is 18.3. The Labute approximate surface area is 184 Å². The fourth-order valence-corrected chi connectivity index (χ4v) is 4.54. The lowest BCUT2D eigenvalue weighted by atomic mass is 9.94. The quantitative estimate of drug-likeness (QED) is 0.779. The second-order valence-corrected chi connectivity index (χ2v) is 8.51. The molecule has 4 rings (SSSR count). The zero-order valence-electron chi connectivity index (χ0n) is 18.4. The van der Waals surface area contributed by atoms with Gasteiger partial charge in [0.1, 0.15) is 0 Å². The monoisotopic (exact) mass is 421 g/mol. The van der Waals surface area contributed by atoms with Crippen molar-refractivity contribution in [1.82, 2.24) is 14.8 Å². The molecule has 31 heavy (non-hydrogen) atoms. The summed E-state index contributed by atoms with van der Waals surface area (Å²) < 4.78 is 0. The summed E-state index contributed by atoms with van der Waals surface area (Å²) in [5.74, 6) is 0.730. The number of aromatic nitrogens is 1. The zero-order chi connectivity index (χ0) is 21.8. The van der Waals surface area contributed by atoms with Gasteiger partial charge in [-0.2, -0.15) is 0 Å². The number of nitrogens with one attached hydrogen (secondary N) is 1. The van der Waals surface area contributed by atoms with E-state index >= 15 is 0 Å². The Balaban J connectivity index is 1.59. The predicted octanol–water partition coefficient (Wildman–Crippen LogP) is 4.35. The van der Waals surface area contributed by atoms with Gasteiger partial charge in [-0.05, 0) is 76.0 Å². The van der Waals surface area contributed by atoms with Crippen LogP contribution in [0.4, 0.5) is 22.0 Å². The Hall–Kier alpha value is -2.93. The van der Waals surface area contributed by atoms with Crippen LogP contribution in [0.5, 0.6) is 0 Å². The molecule has 0 aliphatic carbocycles. The van der Waals surface area contributed by atoms with Crippen molar-refractivity contribution in [1.29, 1.82) is 0 Å². The molecule has 1 saturated heterocycles. The topological polar surface area (TPSA) is 68.8 Å². The van der Waals surface area contributed by atoms with Gasteiger partial charge in [0.2, 0.25) is 0 Å². The maximum atomic E-state index is 13.8. The van der Waals surface area contributed by atoms with Gasteiger partial charge >= 0.3 is 6.03 Å². The molecule has 3 heterocycles. The van der Waals surface area contributed by atoms with E-state index in [9.17, 15) is 9.59 Å². The number of hydrogen-bond acceptors (Lipinski definition) is 4. The van der Waals surface area contributed by atoms with Crippen LogP contribution in [-0.4, -0.2) is 59.9 Å². The molecule has 0 radical (unpaired) electrons. The molecule has 164 valence electrons. The second-order valence-electron chi connectivity index (χ2n) is 8.51. The Morgan fingerprint density at radius 2 is 2.06 bits per heavy atom. The van der Waals surface area contributed by atoms with Crippen molar-refractivity contribution in [3.05, 3.63) is 48.2 Å². The number of fused-ring (bicyclic) bond motifs is 2. The summed E-state index contributed by atoms with van der Waals surface area (Å²) in [5.41, 5.74) is 1.60. The van der Waals surface area contributed by atoms with Crippen LogP contribution in [0.2, 0.25) is 0 Å². The molecule has 2 aliphatic heterocycles. The van der Waals surface area contributed by atoms with E-state index in [0.29, 0.717) is 28.7 Å². The van der Waals surface area contributed by atoms with Gasteiger partial charge in [0, 0.05) is 19.3 Å². The van der Waals surface area contributed by atoms with Gasteiger partial charge in [-0.15, -0.1) is 0 Å². The number of nitrogens with zero attached hydrogens (tertiary/aromatic N) is 4. The molecular weight excluding hydrogens is 390 g/mol. The highest BCUT2D eigenvalue weighted by Gasteiger charge is 2.34. The van der Waals surface area contributed by atoms with E-state index < -0.39 is 0 Å². The maximum Gasteiger partial charge on any atom is 0.330 e. The van der Waals surface area contributed by atoms with Gasteiger partial charge < -0.3 is 15.1 Å². The standard InChI is InChI=1S/C24H31N5O2/c1-3-14-27(2)16-12-18-8-7-15-28(17-18)24(31)29-21-11-5-4-9-19(21)23(30)26-20-10-6-13-25-22(20)29/h4-6,9-11,13,18H,3,7-8,12,14-17H2,1-2H3,(H,26,30). The molecule has 1 aromatic carbocycles. The number of likely N-dealkylation sites (tertiary alicyclic amines) is 1. The highest BCUT2D eigenvalue weighted by Crippen LogP contribution is 2.37. The third-order valence-electron chi connectivity index (χ3n) is 6.14. The minimum Gasteiger partial charge on any atom is -0.324 e. The second kappa shape index (κ2) is 9.47. The first-order valence-corrected chi connectivity index (χ1v) is 11.2. The zero-order valence-corrected chi connectivity index (χ0v) is 18.4. The SMILES string of the molecule is CCCN(C)CCC1CCCN(C(=O)N2c3ccccc3C(=O)Nc3cccnc32)C1. The summed E-state index contributed by atoms with van der Waals surface area (Å²) >= 11 is 0. The Morgan fingerprint density at radius 1 is 1.23 bits per heavy atom. The maximum absolute atomic E-state index is 13.8. The largest absolute Gasteiger partial charge is 0.330 e. The lowest BCUT2D eigenvalue weighted by molar-refractivity contribution is 0.102. The molecule has 7 heteroatoms. The third kappa shape index (κ3) is 4.56. The molecular formula is C24H31N5O2. The summed E-state index contributed by atoms with van der Waals surface area (Å²) in [6.45, 7) is 5.81. The van der Waals surface area contributed by atoms with Crippen molar-refractivity contribution in [2.24, 2.45) is 5.92 Å². The van der Waals surface area contributed by atoms with Crippen LogP contribution >= 0.6 is 0 Å². The number of carbonyl (C=O) groups excluding carboxylic acids is 2. The minimum atomic E-state index is -0.226. The number of carbonyl (C=O) groups is 2. The van der Waals surface area contributed by atoms with Crippen LogP contribution in [0.25, 0.3) is 0 Å². The van der Waals surface area contributed by atoms with Crippen molar-refractivity contribution in [3.63, 3.8) is 0 Å². The average Bonchev–Trinajstić information content (AvgIpc) is 2.91. The van der Waals surface area contributed by atoms with Gasteiger partial charge in [-0.3, -0.25) is 4.79 Å². The first kappa shape index (κ1) is 21.3. The van der Waals surface area contributed by atoms with Gasteiger partial charge in [0.05, 0.1) is 16.9 Å². The number of urea groups is 1. The van der Waals surface area contributed by atoms with Crippen LogP contribution in [0, 0.1) is 5.92 Å². The van der Waals surface area contributed by atoms with Crippen LogP contribution in [-0.2, 0) is 0 Å². The molecule has 2 aromatic rings. The molecule has 2 aliphatic rings. The molecule has 1 N–H and O–H groups in total. The van der Waals surface area contributed by atoms with E-state index in [-0.39, 0.29) is 11.9 Å². The summed E-state index contributed by atoms with van der Waals surface area (Å²) in [4.78, 5) is 36.9. The van der Waals surface area contributed by atoms with E-state index in [1.54, 1.807) is 29.3 Å². The molecule has 1 atom stereocenters. The summed E-state index contributed by atoms with van der Waals surface area (Å²) in [6, 6.07) is 10.7. The Morgan fingerprint density at radius 3 is 2.90 bits per heavy atom. The summed E-state index contributed by atoms with van der Waals surface area (Å²) in [7, 11) is 2.16. The number of piperidine rings is 1. The van der Waals surface area contributed by atoms with Gasteiger partial charge in [0.25, 0.3) is 5.91 Å². The van der Waals surface area contributed by atoms with Crippen molar-refractivity contribution < 1.29 is 9.59 Å². The third-order valence-corrected chi connectivity index (χ3v) is 6.14. The summed E-state index contributed by atoms with van der Waals surface area (Å²) in [5, 5.41) is 2.90. The van der Waals surface area contributed by atoms with Crippen LogP contribution in [0.1, 0.15) is 43.0 Å². The van der Waals surface area contributed by atoms with E-state index in [0.717, 1.165) is 51.9 Å². The molecule has 3 amide bonds. The summed E-state index contributed by atoms with van der Waals surface area (Å²) in [6.07, 6.45) is 6.04. The number of hydrogen-bond donors (Lipinski definition) is 1. The molecule has 0 bridgehead atoms. The highest BCUT2D eigenvalue weighted by atomic mass is 16.2. The smallest absolute Gasteiger partial charge is 0.324 e. The number of para-hydroxylation sites is 1. The molecule has 0 saturated carbocycles. The van der Waals surface area contributed by atoms with E-state index in [2.05, 4.69) is 29.2 Å². The molecule has 1 aromatic heterocycles. The van der Waals surface area contributed by atoms with Crippen LogP contribution in [0.15, 0.2) is 42.6 Å². The highest BCUT2D eigenvalue weighted by molar-refractivity contribution is 6.16. The average molecular weight is 422 g/mol. The Kier molecular flexibility index (Phi) is 6.51. The first-order chi connectivity index (χ1) is 15.1. The number of amides is 3. The van der Waals surface area contributed by atoms with Crippen molar-refractivity contribution in [2.75, 3.05) is 43.4 Å². The van der Waals surface area contributed by atoms with Gasteiger partial charge in [0.15, 0.2) is 5.82 Å². The number of anilines is 3. The predicted molar refractivity (Wildman–Crippen MR) is 123 cm³/mol. The van der Waals surface area contributed by atoms with Gasteiger partial charge in [-0.25, -0.2) is 14.7 Å². The molecule has 0 spiro atoms. The fraction of sp³-hybridized carbons (Fsp3) is 0.458.